The molecule has 5 amide bonds. The molecule has 33 nitrogen and oxygen atoms in total. The van der Waals surface area contributed by atoms with Crippen molar-refractivity contribution in [3.63, 3.8) is 0 Å². The highest BCUT2D eigenvalue weighted by Gasteiger charge is 2.53. The Hall–Kier alpha value is -10.2. The first kappa shape index (κ1) is 92.5. The number of fused-ring (bicyclic) bond motifs is 15. The van der Waals surface area contributed by atoms with Crippen LogP contribution in [0.5, 0.6) is 46.0 Å². The number of Topliss-reactive ketones (excluding diaryl/α,β-unsaturated/α-hetero) is 2. The van der Waals surface area contributed by atoms with E-state index in [0.29, 0.717) is 11.4 Å². The van der Waals surface area contributed by atoms with Crippen LogP contribution in [0.15, 0.2) is 127 Å². The van der Waals surface area contributed by atoms with Gasteiger partial charge in [0.1, 0.15) is 77.4 Å². The highest BCUT2D eigenvalue weighted by molar-refractivity contribution is 6.32. The number of aliphatic carboxylic acids is 1. The van der Waals surface area contributed by atoms with Gasteiger partial charge in [-0.15, -0.1) is 0 Å². The number of carboxylic acid groups (broad SMARTS) is 1. The molecule has 8 aliphatic heterocycles. The number of benzene rings is 7. The summed E-state index contributed by atoms with van der Waals surface area (Å²) >= 11 is 20.9. The van der Waals surface area contributed by atoms with Gasteiger partial charge in [0.15, 0.2) is 47.8 Å². The molecule has 0 spiro atoms. The molecule has 15 rings (SSSR count). The fraction of sp³-hybridized carbons (Fsp3) is 0.438. The number of hydrogen-bond donors (Lipinski definition) is 17. The smallest absolute Gasteiger partial charge is 0.330 e. The largest absolute Gasteiger partial charge is 0.508 e. The van der Waals surface area contributed by atoms with Gasteiger partial charge in [-0.25, -0.2) is 4.79 Å². The zero-order valence-electron chi connectivity index (χ0n) is 68.9. The van der Waals surface area contributed by atoms with Gasteiger partial charge in [0, 0.05) is 83.4 Å². The van der Waals surface area contributed by atoms with E-state index in [1.807, 2.05) is 50.2 Å². The maximum atomic E-state index is 16.7. The number of aromatic hydroxyl groups is 3. The van der Waals surface area contributed by atoms with Gasteiger partial charge in [-0.2, -0.15) is 0 Å². The summed E-state index contributed by atoms with van der Waals surface area (Å²) in [6, 6.07) is 21.0. The van der Waals surface area contributed by atoms with E-state index in [1.165, 1.54) is 56.3 Å². The summed E-state index contributed by atoms with van der Waals surface area (Å²) < 4.78 is 53.1. The van der Waals surface area contributed by atoms with Crippen molar-refractivity contribution in [1.82, 2.24) is 26.6 Å². The molecule has 8 heterocycles. The number of ether oxygens (including phenoxy) is 8. The van der Waals surface area contributed by atoms with Crippen molar-refractivity contribution in [3.8, 4) is 68.2 Å². The van der Waals surface area contributed by atoms with Gasteiger partial charge in [-0.3, -0.25) is 33.6 Å². The Morgan fingerprint density at radius 1 is 0.656 bits per heavy atom. The molecule has 36 heteroatoms. The fourth-order valence-electron chi connectivity index (χ4n) is 16.9. The maximum Gasteiger partial charge on any atom is 0.330 e. The molecule has 7 aromatic carbocycles. The number of primary amides is 1. The van der Waals surface area contributed by atoms with Crippen molar-refractivity contribution in [1.29, 1.82) is 0 Å². The number of carbonyl (C=O) groups excluding carboxylic acids is 7. The van der Waals surface area contributed by atoms with E-state index in [9.17, 15) is 65.4 Å². The Morgan fingerprint density at radius 3 is 1.88 bits per heavy atom. The summed E-state index contributed by atoms with van der Waals surface area (Å²) in [4.78, 5) is 122. The highest BCUT2D eigenvalue weighted by atomic mass is 35.5. The van der Waals surface area contributed by atoms with Crippen LogP contribution in [-0.4, -0.2) is 196 Å². The number of carboxylic acids is 1. The van der Waals surface area contributed by atoms with E-state index in [0.717, 1.165) is 53.1 Å². The maximum absolute atomic E-state index is 16.7. The molecule has 5 unspecified atom stereocenters. The predicted molar refractivity (Wildman–Crippen MR) is 449 cm³/mol. The second-order valence-corrected chi connectivity index (χ2v) is 34.8. The van der Waals surface area contributed by atoms with E-state index in [4.69, 9.17) is 84.2 Å². The number of nitrogens with two attached hydrogens (primary N) is 2. The molecule has 0 aromatic heterocycles. The monoisotopic (exact) mass is 1790 g/mol. The van der Waals surface area contributed by atoms with Gasteiger partial charge in [0.2, 0.25) is 41.6 Å². The average Bonchev–Trinajstić information content (AvgIpc) is 0.762. The van der Waals surface area contributed by atoms with Crippen molar-refractivity contribution < 1.29 is 127 Å². The Balaban J connectivity index is 1.02. The molecule has 11 bridgehead atoms. The Bertz CT molecular complexity index is 5240. The first-order valence-corrected chi connectivity index (χ1v) is 42.0. The third kappa shape index (κ3) is 20.3. The summed E-state index contributed by atoms with van der Waals surface area (Å²) in [5.74, 6) is -19.2. The summed E-state index contributed by atoms with van der Waals surface area (Å²) in [6.45, 7) is 11.0. The van der Waals surface area contributed by atoms with Gasteiger partial charge >= 0.3 is 5.97 Å². The molecule has 3 fully saturated rings. The molecule has 0 saturated carbocycles. The average molecular weight is 1790 g/mol. The standard InChI is InChI=1S/C89H100Cl3N7O26/c1-8-42(23-38(2)3)82(112)98-72-59(104)27-49(30-66(93)106)83(113)96-70-48-28-63(120-61-21-16-46(74(72)107)25-55(61)91)78(125-87-79(76(109)75(108)65(37-100)122-87)124-68-35-89(7,81(111)40(5)119-68)95-36-41-9-11-43(12-10-41)44-13-18-50(90)19-14-44)64(29-48)121-62-22-17-47(26-56(62)92)77(123-67-34-88(6,94)80(110)39(4)118-67)73-85(115)97-71(86(116)117)54-31-51(101)32-58(103)69(54)53-24-45(15-20-57(53)102)52(33-60(70)105)84(114)99-73/h9-22,24-26,28-29,31-32,38-40,42,49,52,65,67-68,70-77,79-81,87,95,100-103,107-111H,8,23,27,30,33-37,94H2,1-7H3,(H2,93,106)(H,96,113)(H,97,115)(H,98,112)(H,99,114)(H,116,117)/t39-,40-,42+,49-,52+,65?,67-,68-,70+,71-,72-,73-,74+,75+,76?,77+,79?,80-,81-,87-,88?,89?/m0/s1. The number of hydrogen-bond acceptors (Lipinski definition) is 27. The van der Waals surface area contributed by atoms with Gasteiger partial charge < -0.3 is 127 Å². The van der Waals surface area contributed by atoms with Crippen molar-refractivity contribution in [2.24, 2.45) is 29.2 Å². The van der Waals surface area contributed by atoms with E-state index in [1.54, 1.807) is 32.9 Å². The summed E-state index contributed by atoms with van der Waals surface area (Å²) in [5.41, 5.74) is 10.2. The first-order valence-electron chi connectivity index (χ1n) is 40.8. The summed E-state index contributed by atoms with van der Waals surface area (Å²) in [6.07, 6.45) is -24.2. The van der Waals surface area contributed by atoms with Crippen LogP contribution in [0, 0.1) is 17.8 Å². The highest BCUT2D eigenvalue weighted by Crippen LogP contribution is 2.51. The Labute approximate surface area is 732 Å². The number of halogens is 3. The molecule has 8 aliphatic rings. The van der Waals surface area contributed by atoms with Crippen molar-refractivity contribution in [2.45, 2.75) is 221 Å². The lowest BCUT2D eigenvalue weighted by Crippen LogP contribution is -2.65. The molecule has 19 N–H and O–H groups in total. The Morgan fingerprint density at radius 2 is 1.27 bits per heavy atom. The second kappa shape index (κ2) is 38.2. The van der Waals surface area contributed by atoms with E-state index >= 15 is 24.0 Å². The van der Waals surface area contributed by atoms with Crippen LogP contribution < -0.4 is 52.3 Å². The molecule has 125 heavy (non-hydrogen) atoms. The molecular formula is C89H100Cl3N7O26. The van der Waals surface area contributed by atoms with E-state index in [-0.39, 0.29) is 64.9 Å². The third-order valence-corrected chi connectivity index (χ3v) is 24.6. The number of carbonyl (C=O) groups is 8. The topological polar surface area (TPSA) is 525 Å². The zero-order chi connectivity index (χ0) is 90.3. The third-order valence-electron chi connectivity index (χ3n) is 23.8. The van der Waals surface area contributed by atoms with Crippen LogP contribution >= 0.6 is 34.8 Å². The van der Waals surface area contributed by atoms with Gasteiger partial charge in [-0.1, -0.05) is 110 Å². The lowest BCUT2D eigenvalue weighted by Gasteiger charge is -2.48. The molecule has 3 saturated heterocycles. The molecule has 668 valence electrons. The minimum absolute atomic E-state index is 0.0360. The minimum Gasteiger partial charge on any atom is -0.508 e. The number of aliphatic hydroxyl groups is 6. The molecule has 7 aromatic rings. The van der Waals surface area contributed by atoms with Crippen molar-refractivity contribution in [3.05, 3.63) is 176 Å². The number of rotatable bonds is 19. The number of phenolic OH excluding ortho intramolecular Hbond substituents is 3. The molecule has 0 aliphatic carbocycles. The molecule has 22 atom stereocenters. The predicted octanol–water partition coefficient (Wildman–Crippen LogP) is 7.91. The number of amides is 5. The lowest BCUT2D eigenvalue weighted by molar-refractivity contribution is -0.334. The van der Waals surface area contributed by atoms with Crippen LogP contribution in [0.4, 0.5) is 0 Å². The number of phenols is 3. The van der Waals surface area contributed by atoms with Crippen LogP contribution in [0.1, 0.15) is 157 Å². The molecular weight excluding hydrogens is 1690 g/mol. The van der Waals surface area contributed by atoms with Crippen LogP contribution in [-0.2, 0) is 68.6 Å². The summed E-state index contributed by atoms with van der Waals surface area (Å²) in [7, 11) is 0. The minimum atomic E-state index is -2.28. The number of ketones is 2. The van der Waals surface area contributed by atoms with Crippen LogP contribution in [0.2, 0.25) is 15.1 Å². The van der Waals surface area contributed by atoms with Crippen molar-refractivity contribution >= 4 is 81.9 Å². The van der Waals surface area contributed by atoms with Crippen LogP contribution in [0.3, 0.4) is 0 Å². The zero-order valence-corrected chi connectivity index (χ0v) is 71.2. The van der Waals surface area contributed by atoms with Gasteiger partial charge in [-0.05, 0) is 152 Å². The first-order chi connectivity index (χ1) is 59.2. The van der Waals surface area contributed by atoms with Crippen molar-refractivity contribution in [2.75, 3.05) is 6.61 Å². The Kier molecular flexibility index (Phi) is 28.3. The normalized spacial score (nSPS) is 29.9. The lowest BCUT2D eigenvalue weighted by atomic mass is 9.84. The number of nitrogens with one attached hydrogen (secondary N) is 5. The van der Waals surface area contributed by atoms with E-state index < -0.39 is 268 Å². The second-order valence-electron chi connectivity index (χ2n) is 33.6. The summed E-state index contributed by atoms with van der Waals surface area (Å²) in [5, 5.41) is 131. The molecule has 0 radical (unpaired) electrons. The number of aliphatic hydroxyl groups excluding tert-OH is 6. The van der Waals surface area contributed by atoms with Gasteiger partial charge in [0.05, 0.1) is 52.9 Å². The fourth-order valence-corrected chi connectivity index (χ4v) is 17.5. The van der Waals surface area contributed by atoms with Gasteiger partial charge in [0.25, 0.3) is 0 Å². The van der Waals surface area contributed by atoms with E-state index in [2.05, 4.69) is 26.6 Å². The van der Waals surface area contributed by atoms with Crippen LogP contribution in [0.25, 0.3) is 22.3 Å². The SMILES string of the molecule is CC[C@H](CC(C)C)C(=O)N[C@H]1C(=O)C[C@@H](CC(N)=O)C(=O)N[C@H]2C(=O)C[C@H]3C(=O)N[C@H](C(=O)N[C@H](C(=O)O)c4cc(O)cc(O)c4-c4cc3ccc4O)[C@H](O[C@H]3CC(C)(N)[C@@H](O)[C@H](C)O3)c3ccc(c(Cl)c3)Oc3cc2cc(c3O[C@@H]2OC(CO)[C@@H](O)C(O)C2O[C@H]2CC(C)(NCc3ccc(-c4ccc(Cl)cc4)cc3)[C@@H](O)[C@H](C)O2)Oc2ccc(cc2Cl)[C@H]1O. The quantitative estimate of drug-likeness (QED) is 0.0365.